The van der Waals surface area contributed by atoms with Gasteiger partial charge in [0.2, 0.25) is 5.88 Å². The van der Waals surface area contributed by atoms with Gasteiger partial charge < -0.3 is 4.74 Å². The summed E-state index contributed by atoms with van der Waals surface area (Å²) in [6.45, 7) is 4.04. The van der Waals surface area contributed by atoms with E-state index in [-0.39, 0.29) is 23.0 Å². The Balaban J connectivity index is 1.67. The highest BCUT2D eigenvalue weighted by atomic mass is 79.9. The summed E-state index contributed by atoms with van der Waals surface area (Å²) < 4.78 is 7.83. The van der Waals surface area contributed by atoms with Crippen molar-refractivity contribution in [2.75, 3.05) is 0 Å². The van der Waals surface area contributed by atoms with Gasteiger partial charge in [-0.2, -0.15) is 9.78 Å². The molecule has 4 rings (SSSR count). The first-order chi connectivity index (χ1) is 16.4. The van der Waals surface area contributed by atoms with Crippen LogP contribution in [-0.4, -0.2) is 25.8 Å². The van der Waals surface area contributed by atoms with Crippen LogP contribution in [0.25, 0.3) is 10.9 Å². The summed E-state index contributed by atoms with van der Waals surface area (Å²) in [7, 11) is 0. The molecule has 34 heavy (non-hydrogen) atoms. The van der Waals surface area contributed by atoms with Gasteiger partial charge in [-0.3, -0.25) is 14.9 Å². The van der Waals surface area contributed by atoms with E-state index < -0.39 is 4.92 Å². The van der Waals surface area contributed by atoms with Crippen LogP contribution in [0.2, 0.25) is 0 Å². The van der Waals surface area contributed by atoms with E-state index >= 15 is 0 Å². The average Bonchev–Trinajstić information content (AvgIpc) is 2.84. The number of pyridine rings is 1. The molecule has 2 aromatic carbocycles. The fourth-order valence-corrected chi connectivity index (χ4v) is 3.58. The third-order valence-electron chi connectivity index (χ3n) is 5.22. The number of nitrogens with zero attached hydrogens (tertiary/aromatic N) is 5. The Hall–Kier alpha value is -3.92. The van der Waals surface area contributed by atoms with Crippen molar-refractivity contribution in [3.05, 3.63) is 97.1 Å². The van der Waals surface area contributed by atoms with Crippen molar-refractivity contribution in [1.29, 1.82) is 0 Å². The zero-order valence-electron chi connectivity index (χ0n) is 18.4. The Morgan fingerprint density at radius 3 is 2.76 bits per heavy atom. The van der Waals surface area contributed by atoms with Gasteiger partial charge in [0.1, 0.15) is 17.8 Å². The van der Waals surface area contributed by atoms with E-state index in [0.717, 1.165) is 17.1 Å². The van der Waals surface area contributed by atoms with E-state index in [1.165, 1.54) is 16.8 Å². The second-order valence-electron chi connectivity index (χ2n) is 7.59. The van der Waals surface area contributed by atoms with Gasteiger partial charge in [0.25, 0.3) is 11.2 Å². The number of benzene rings is 2. The Bertz CT molecular complexity index is 1450. The lowest BCUT2D eigenvalue weighted by atomic mass is 10.1. The summed E-state index contributed by atoms with van der Waals surface area (Å²) in [5.74, 6) is 1.31. The SMILES string of the molecule is CC[C@@H](C)c1nc2ccc(Br)cc2c(=O)n1N=Cc1cccc(Oc2ccc([N+](=O)[O-])cn2)c1. The molecular weight excluding hydrogens is 502 g/mol. The molecule has 1 atom stereocenters. The van der Waals surface area contributed by atoms with Crippen molar-refractivity contribution < 1.29 is 9.66 Å². The monoisotopic (exact) mass is 521 g/mol. The maximum Gasteiger partial charge on any atom is 0.287 e. The minimum atomic E-state index is -0.524. The van der Waals surface area contributed by atoms with Crippen molar-refractivity contribution >= 4 is 38.7 Å². The van der Waals surface area contributed by atoms with Crippen LogP contribution in [-0.2, 0) is 0 Å². The zero-order chi connectivity index (χ0) is 24.2. The molecule has 0 unspecified atom stereocenters. The number of fused-ring (bicyclic) bond motifs is 1. The summed E-state index contributed by atoms with van der Waals surface area (Å²) in [5, 5.41) is 15.7. The second kappa shape index (κ2) is 9.92. The zero-order valence-corrected chi connectivity index (χ0v) is 20.0. The van der Waals surface area contributed by atoms with Crippen LogP contribution in [0.1, 0.15) is 37.6 Å². The smallest absolute Gasteiger partial charge is 0.287 e. The molecule has 0 saturated carbocycles. The third-order valence-corrected chi connectivity index (χ3v) is 5.71. The van der Waals surface area contributed by atoms with Crippen LogP contribution < -0.4 is 10.3 Å². The normalized spacial score (nSPS) is 12.2. The number of hydrogen-bond acceptors (Lipinski definition) is 7. The summed E-state index contributed by atoms with van der Waals surface area (Å²) >= 11 is 3.41. The Kier molecular flexibility index (Phi) is 6.78. The Morgan fingerprint density at radius 1 is 1.24 bits per heavy atom. The van der Waals surface area contributed by atoms with Gasteiger partial charge in [-0.05, 0) is 42.3 Å². The van der Waals surface area contributed by atoms with Crippen LogP contribution in [0.5, 0.6) is 11.6 Å². The van der Waals surface area contributed by atoms with Crippen molar-refractivity contribution in [3.63, 3.8) is 0 Å². The Labute approximate surface area is 203 Å². The lowest BCUT2D eigenvalue weighted by Crippen LogP contribution is -2.23. The minimum absolute atomic E-state index is 0.0285. The molecular formula is C24H20BrN5O4. The fourth-order valence-electron chi connectivity index (χ4n) is 3.22. The fraction of sp³-hybridized carbons (Fsp3) is 0.167. The number of ether oxygens (including phenoxy) is 1. The maximum atomic E-state index is 13.2. The van der Waals surface area contributed by atoms with Gasteiger partial charge in [-0.15, -0.1) is 0 Å². The van der Waals surface area contributed by atoms with Gasteiger partial charge in [-0.1, -0.05) is 41.9 Å². The highest BCUT2D eigenvalue weighted by molar-refractivity contribution is 9.10. The number of aromatic nitrogens is 3. The minimum Gasteiger partial charge on any atom is -0.439 e. The van der Waals surface area contributed by atoms with Crippen LogP contribution in [0.3, 0.4) is 0 Å². The van der Waals surface area contributed by atoms with Gasteiger partial charge >= 0.3 is 0 Å². The predicted molar refractivity (Wildman–Crippen MR) is 133 cm³/mol. The standard InChI is InChI=1S/C24H20BrN5O4/c1-3-15(2)23-28-21-9-7-17(25)12-20(21)24(31)29(23)27-13-16-5-4-6-19(11-16)34-22-10-8-18(14-26-22)30(32)33/h4-15H,3H2,1-2H3/t15-/m1/s1. The molecule has 2 heterocycles. The van der Waals surface area contributed by atoms with Crippen molar-refractivity contribution in [3.8, 4) is 11.6 Å². The quantitative estimate of drug-likeness (QED) is 0.176. The molecule has 0 fully saturated rings. The molecule has 10 heteroatoms. The molecule has 0 bridgehead atoms. The molecule has 0 aliphatic heterocycles. The molecule has 0 amide bonds. The molecule has 0 N–H and O–H groups in total. The number of halogens is 1. The van der Waals surface area contributed by atoms with Crippen LogP contribution >= 0.6 is 15.9 Å². The average molecular weight is 522 g/mol. The second-order valence-corrected chi connectivity index (χ2v) is 8.50. The van der Waals surface area contributed by atoms with E-state index in [2.05, 4.69) is 26.0 Å². The maximum absolute atomic E-state index is 13.2. The topological polar surface area (TPSA) is 113 Å². The number of nitro groups is 1. The first kappa shape index (κ1) is 23.2. The number of rotatable bonds is 7. The molecule has 0 saturated heterocycles. The lowest BCUT2D eigenvalue weighted by Gasteiger charge is -2.14. The summed E-state index contributed by atoms with van der Waals surface area (Å²) in [6.07, 6.45) is 3.50. The first-order valence-corrected chi connectivity index (χ1v) is 11.3. The molecule has 9 nitrogen and oxygen atoms in total. The summed E-state index contributed by atoms with van der Waals surface area (Å²) in [5.41, 5.74) is 0.948. The third kappa shape index (κ3) is 5.01. The van der Waals surface area contributed by atoms with Gasteiger partial charge in [0.15, 0.2) is 0 Å². The molecule has 4 aromatic rings. The number of hydrogen-bond donors (Lipinski definition) is 0. The largest absolute Gasteiger partial charge is 0.439 e. The lowest BCUT2D eigenvalue weighted by molar-refractivity contribution is -0.385. The Morgan fingerprint density at radius 2 is 2.06 bits per heavy atom. The van der Waals surface area contributed by atoms with Crippen LogP contribution in [0.4, 0.5) is 5.69 Å². The van der Waals surface area contributed by atoms with E-state index in [4.69, 9.17) is 9.72 Å². The van der Waals surface area contributed by atoms with E-state index in [0.29, 0.717) is 28.0 Å². The highest BCUT2D eigenvalue weighted by Gasteiger charge is 2.15. The summed E-state index contributed by atoms with van der Waals surface area (Å²) in [6, 6.07) is 15.2. The van der Waals surface area contributed by atoms with E-state index in [1.807, 2.05) is 32.0 Å². The molecule has 0 spiro atoms. The molecule has 0 aliphatic rings. The first-order valence-electron chi connectivity index (χ1n) is 10.5. The van der Waals surface area contributed by atoms with Gasteiger partial charge in [-0.25, -0.2) is 9.97 Å². The van der Waals surface area contributed by atoms with Gasteiger partial charge in [0, 0.05) is 22.5 Å². The highest BCUT2D eigenvalue weighted by Crippen LogP contribution is 2.23. The summed E-state index contributed by atoms with van der Waals surface area (Å²) in [4.78, 5) is 32.1. The molecule has 0 radical (unpaired) electrons. The van der Waals surface area contributed by atoms with Crippen LogP contribution in [0, 0.1) is 10.1 Å². The van der Waals surface area contributed by atoms with Crippen LogP contribution in [0.15, 0.2) is 75.2 Å². The van der Waals surface area contributed by atoms with Gasteiger partial charge in [0.05, 0.1) is 22.0 Å². The molecule has 0 aliphatic carbocycles. The van der Waals surface area contributed by atoms with Crippen molar-refractivity contribution in [2.24, 2.45) is 5.10 Å². The van der Waals surface area contributed by atoms with E-state index in [1.54, 1.807) is 30.5 Å². The van der Waals surface area contributed by atoms with Crippen molar-refractivity contribution in [1.82, 2.24) is 14.6 Å². The molecule has 172 valence electrons. The van der Waals surface area contributed by atoms with E-state index in [9.17, 15) is 14.9 Å². The van der Waals surface area contributed by atoms with Crippen molar-refractivity contribution in [2.45, 2.75) is 26.2 Å². The molecule has 2 aromatic heterocycles. The predicted octanol–water partition coefficient (Wildman–Crippen LogP) is 5.65.